The Morgan fingerprint density at radius 1 is 1.26 bits per heavy atom. The summed E-state index contributed by atoms with van der Waals surface area (Å²) in [6.45, 7) is 5.12. The number of carbonyl (C=O) groups is 2. The predicted octanol–water partition coefficient (Wildman–Crippen LogP) is 1.91. The Labute approximate surface area is 177 Å². The SMILES string of the molecule is CCNC(=NCC(=O)N1CCCC1)NCC1CC(=O)Nc2ccccc21.I. The largest absolute Gasteiger partial charge is 0.357 e. The van der Waals surface area contributed by atoms with Crippen molar-refractivity contribution in [1.29, 1.82) is 0 Å². The molecule has 148 valence electrons. The number of hydrogen-bond donors (Lipinski definition) is 3. The van der Waals surface area contributed by atoms with Crippen molar-refractivity contribution in [1.82, 2.24) is 15.5 Å². The van der Waals surface area contributed by atoms with Gasteiger partial charge in [0.2, 0.25) is 11.8 Å². The van der Waals surface area contributed by atoms with Gasteiger partial charge in [-0.1, -0.05) is 18.2 Å². The Hall–Kier alpha value is -1.84. The molecule has 27 heavy (non-hydrogen) atoms. The number of anilines is 1. The quantitative estimate of drug-likeness (QED) is 0.338. The van der Waals surface area contributed by atoms with Gasteiger partial charge in [-0.05, 0) is 31.4 Å². The Kier molecular flexibility index (Phi) is 8.33. The van der Waals surface area contributed by atoms with Crippen LogP contribution in [0.25, 0.3) is 0 Å². The van der Waals surface area contributed by atoms with Gasteiger partial charge in [0.15, 0.2) is 5.96 Å². The Balaban J connectivity index is 0.00000261. The number of halogens is 1. The summed E-state index contributed by atoms with van der Waals surface area (Å²) >= 11 is 0. The van der Waals surface area contributed by atoms with E-state index in [9.17, 15) is 9.59 Å². The first kappa shape index (κ1) is 21.5. The number of likely N-dealkylation sites (tertiary alicyclic amines) is 1. The summed E-state index contributed by atoms with van der Waals surface area (Å²) in [5.74, 6) is 0.797. The number of benzene rings is 1. The minimum Gasteiger partial charge on any atom is -0.357 e. The van der Waals surface area contributed by atoms with Crippen molar-refractivity contribution in [2.45, 2.75) is 32.1 Å². The van der Waals surface area contributed by atoms with Gasteiger partial charge in [-0.2, -0.15) is 0 Å². The van der Waals surface area contributed by atoms with Crippen molar-refractivity contribution in [3.05, 3.63) is 29.8 Å². The maximum atomic E-state index is 12.2. The summed E-state index contributed by atoms with van der Waals surface area (Å²) in [4.78, 5) is 30.4. The third kappa shape index (κ3) is 5.82. The van der Waals surface area contributed by atoms with Crippen LogP contribution in [0.4, 0.5) is 5.69 Å². The summed E-state index contributed by atoms with van der Waals surface area (Å²) in [6.07, 6.45) is 2.60. The first-order valence-electron chi connectivity index (χ1n) is 9.36. The number of nitrogens with zero attached hydrogens (tertiary/aromatic N) is 2. The first-order valence-corrected chi connectivity index (χ1v) is 9.36. The highest BCUT2D eigenvalue weighted by atomic mass is 127. The summed E-state index contributed by atoms with van der Waals surface area (Å²) in [5, 5.41) is 9.37. The molecule has 7 nitrogen and oxygen atoms in total. The third-order valence-corrected chi connectivity index (χ3v) is 4.80. The van der Waals surface area contributed by atoms with Crippen LogP contribution in [0.2, 0.25) is 0 Å². The van der Waals surface area contributed by atoms with E-state index < -0.39 is 0 Å². The van der Waals surface area contributed by atoms with Gasteiger partial charge >= 0.3 is 0 Å². The molecule has 1 fully saturated rings. The van der Waals surface area contributed by atoms with E-state index in [2.05, 4.69) is 20.9 Å². The molecule has 2 heterocycles. The number of nitrogens with one attached hydrogen (secondary N) is 3. The van der Waals surface area contributed by atoms with Gasteiger partial charge in [0.25, 0.3) is 0 Å². The summed E-state index contributed by atoms with van der Waals surface area (Å²) in [5.41, 5.74) is 2.00. The third-order valence-electron chi connectivity index (χ3n) is 4.80. The zero-order valence-electron chi connectivity index (χ0n) is 15.7. The number of amides is 2. The molecule has 1 atom stereocenters. The molecule has 8 heteroatoms. The fourth-order valence-corrected chi connectivity index (χ4v) is 3.46. The van der Waals surface area contributed by atoms with Crippen molar-refractivity contribution >= 4 is 47.4 Å². The van der Waals surface area contributed by atoms with Crippen LogP contribution in [0, 0.1) is 0 Å². The lowest BCUT2D eigenvalue weighted by Crippen LogP contribution is -2.41. The molecule has 3 N–H and O–H groups in total. The van der Waals surface area contributed by atoms with Crippen LogP contribution in [0.15, 0.2) is 29.3 Å². The topological polar surface area (TPSA) is 85.8 Å². The van der Waals surface area contributed by atoms with Gasteiger partial charge < -0.3 is 20.9 Å². The molecule has 0 spiro atoms. The van der Waals surface area contributed by atoms with Gasteiger partial charge in [-0.3, -0.25) is 9.59 Å². The monoisotopic (exact) mass is 485 g/mol. The van der Waals surface area contributed by atoms with Crippen LogP contribution in [-0.2, 0) is 9.59 Å². The lowest BCUT2D eigenvalue weighted by atomic mass is 9.90. The van der Waals surface area contributed by atoms with Crippen molar-refractivity contribution in [2.24, 2.45) is 4.99 Å². The van der Waals surface area contributed by atoms with Crippen molar-refractivity contribution in [3.8, 4) is 0 Å². The number of hydrogen-bond acceptors (Lipinski definition) is 3. The number of aliphatic imine (C=N–C) groups is 1. The van der Waals surface area contributed by atoms with E-state index in [1.807, 2.05) is 36.1 Å². The minimum atomic E-state index is 0. The number of rotatable bonds is 5. The molecule has 0 saturated carbocycles. The highest BCUT2D eigenvalue weighted by Gasteiger charge is 2.25. The lowest BCUT2D eigenvalue weighted by Gasteiger charge is -2.26. The van der Waals surface area contributed by atoms with E-state index in [0.717, 1.165) is 37.2 Å². The zero-order valence-corrected chi connectivity index (χ0v) is 18.0. The molecule has 2 amide bonds. The van der Waals surface area contributed by atoms with Crippen LogP contribution >= 0.6 is 24.0 Å². The van der Waals surface area contributed by atoms with Crippen LogP contribution in [-0.4, -0.2) is 55.4 Å². The molecule has 1 aromatic rings. The Morgan fingerprint density at radius 2 is 2.00 bits per heavy atom. The second-order valence-corrected chi connectivity index (χ2v) is 6.70. The van der Waals surface area contributed by atoms with Gasteiger partial charge in [0.1, 0.15) is 6.54 Å². The molecular weight excluding hydrogens is 457 g/mol. The summed E-state index contributed by atoms with van der Waals surface area (Å²) in [7, 11) is 0. The lowest BCUT2D eigenvalue weighted by molar-refractivity contribution is -0.128. The number of para-hydroxylation sites is 1. The van der Waals surface area contributed by atoms with Crippen LogP contribution in [0.5, 0.6) is 0 Å². The number of guanidine groups is 1. The second kappa shape index (κ2) is 10.5. The minimum absolute atomic E-state index is 0. The second-order valence-electron chi connectivity index (χ2n) is 6.70. The van der Waals surface area contributed by atoms with Gasteiger partial charge in [-0.15, -0.1) is 24.0 Å². The maximum absolute atomic E-state index is 12.2. The van der Waals surface area contributed by atoms with Crippen molar-refractivity contribution < 1.29 is 9.59 Å². The van der Waals surface area contributed by atoms with Crippen LogP contribution in [0.1, 0.15) is 37.7 Å². The number of carbonyl (C=O) groups excluding carboxylic acids is 2. The van der Waals surface area contributed by atoms with Gasteiger partial charge in [0, 0.05) is 44.2 Å². The van der Waals surface area contributed by atoms with E-state index in [1.165, 1.54) is 0 Å². The molecule has 1 saturated heterocycles. The fourth-order valence-electron chi connectivity index (χ4n) is 3.46. The van der Waals surface area contributed by atoms with E-state index in [1.54, 1.807) is 0 Å². The highest BCUT2D eigenvalue weighted by Crippen LogP contribution is 2.31. The maximum Gasteiger partial charge on any atom is 0.244 e. The molecule has 0 radical (unpaired) electrons. The van der Waals surface area contributed by atoms with Crippen molar-refractivity contribution in [2.75, 3.05) is 38.0 Å². The molecule has 0 aliphatic carbocycles. The van der Waals surface area contributed by atoms with Gasteiger partial charge in [0.05, 0.1) is 0 Å². The van der Waals surface area contributed by atoms with Crippen molar-refractivity contribution in [3.63, 3.8) is 0 Å². The standard InChI is InChI=1S/C19H27N5O2.HI/c1-2-20-19(22-13-18(26)24-9-5-6-10-24)21-12-14-11-17(25)23-16-8-4-3-7-15(14)16;/h3-4,7-8,14H,2,5-6,9-13H2,1H3,(H,23,25)(H2,20,21,22);1H. The highest BCUT2D eigenvalue weighted by molar-refractivity contribution is 14.0. The van der Waals surface area contributed by atoms with E-state index in [0.29, 0.717) is 25.5 Å². The fraction of sp³-hybridized carbons (Fsp3) is 0.526. The van der Waals surface area contributed by atoms with E-state index in [-0.39, 0.29) is 48.3 Å². The predicted molar refractivity (Wildman–Crippen MR) is 118 cm³/mol. The number of fused-ring (bicyclic) bond motifs is 1. The molecule has 0 bridgehead atoms. The van der Waals surface area contributed by atoms with Crippen LogP contribution in [0.3, 0.4) is 0 Å². The molecule has 3 rings (SSSR count). The Bertz CT molecular complexity index is 688. The normalized spacial score (nSPS) is 19.0. The zero-order chi connectivity index (χ0) is 18.4. The van der Waals surface area contributed by atoms with Gasteiger partial charge in [-0.25, -0.2) is 4.99 Å². The average molecular weight is 485 g/mol. The average Bonchev–Trinajstić information content (AvgIpc) is 3.18. The molecular formula is C19H28IN5O2. The van der Waals surface area contributed by atoms with E-state index >= 15 is 0 Å². The summed E-state index contributed by atoms with van der Waals surface area (Å²) in [6, 6.07) is 7.87. The Morgan fingerprint density at radius 3 is 2.74 bits per heavy atom. The van der Waals surface area contributed by atoms with Crippen LogP contribution < -0.4 is 16.0 Å². The van der Waals surface area contributed by atoms with E-state index in [4.69, 9.17) is 0 Å². The summed E-state index contributed by atoms with van der Waals surface area (Å²) < 4.78 is 0. The molecule has 2 aliphatic heterocycles. The molecule has 1 unspecified atom stereocenters. The first-order chi connectivity index (χ1) is 12.7. The molecule has 0 aromatic heterocycles. The molecule has 2 aliphatic rings. The smallest absolute Gasteiger partial charge is 0.244 e. The molecule has 1 aromatic carbocycles.